The molecule has 4 heteroatoms. The van der Waals surface area contributed by atoms with Gasteiger partial charge < -0.3 is 4.90 Å². The maximum Gasteiger partial charge on any atom is 0.226 e. The molecule has 1 aromatic rings. The van der Waals surface area contributed by atoms with Gasteiger partial charge in [-0.25, -0.2) is 0 Å². The van der Waals surface area contributed by atoms with Gasteiger partial charge in [-0.05, 0) is 19.1 Å². The number of anilines is 1. The van der Waals surface area contributed by atoms with Crippen LogP contribution in [0.15, 0.2) is 40.6 Å². The van der Waals surface area contributed by atoms with E-state index in [1.165, 1.54) is 0 Å². The third-order valence-electron chi connectivity index (χ3n) is 2.77. The summed E-state index contributed by atoms with van der Waals surface area (Å²) in [5.41, 5.74) is 0.634. The Kier molecular flexibility index (Phi) is 2.73. The predicted molar refractivity (Wildman–Crippen MR) is 62.3 cm³/mol. The number of nitrogens with zero attached hydrogens (tertiary/aromatic N) is 3. The highest BCUT2D eigenvalue weighted by Gasteiger charge is 2.34. The molecule has 0 N–H and O–H groups in total. The Hall–Kier alpha value is -1.71. The van der Waals surface area contributed by atoms with Crippen molar-refractivity contribution in [2.24, 2.45) is 10.2 Å². The van der Waals surface area contributed by atoms with Crippen molar-refractivity contribution in [3.05, 3.63) is 30.3 Å². The Bertz CT molecular complexity index is 408. The van der Waals surface area contributed by atoms with Crippen molar-refractivity contribution in [2.45, 2.75) is 25.4 Å². The maximum absolute atomic E-state index is 11.9. The van der Waals surface area contributed by atoms with E-state index in [0.29, 0.717) is 12.8 Å². The zero-order chi connectivity index (χ0) is 11.6. The Balaban J connectivity index is 1.89. The second-order valence-electron chi connectivity index (χ2n) is 4.21. The highest BCUT2D eigenvalue weighted by atomic mass is 16.2. The summed E-state index contributed by atoms with van der Waals surface area (Å²) < 4.78 is 0. The largest absolute Gasteiger partial charge is 0.316 e. The van der Waals surface area contributed by atoms with E-state index in [9.17, 15) is 4.79 Å². The second-order valence-corrected chi connectivity index (χ2v) is 4.21. The van der Waals surface area contributed by atoms with Gasteiger partial charge in [0.05, 0.1) is 0 Å². The van der Waals surface area contributed by atoms with Crippen LogP contribution in [-0.2, 0) is 4.79 Å². The summed E-state index contributed by atoms with van der Waals surface area (Å²) >= 11 is 0. The summed E-state index contributed by atoms with van der Waals surface area (Å²) in [4.78, 5) is 13.5. The molecule has 0 spiro atoms. The number of amides is 1. The van der Waals surface area contributed by atoms with Crippen molar-refractivity contribution in [1.82, 2.24) is 0 Å². The van der Waals surface area contributed by atoms with E-state index >= 15 is 0 Å². The monoisotopic (exact) mass is 217 g/mol. The molecule has 2 rings (SSSR count). The van der Waals surface area contributed by atoms with Gasteiger partial charge in [-0.3, -0.25) is 4.79 Å². The summed E-state index contributed by atoms with van der Waals surface area (Å²) in [6.07, 6.45) is 1.18. The molecule has 0 saturated heterocycles. The number of carbonyl (C=O) groups excluding carboxylic acids is 1. The van der Waals surface area contributed by atoms with Crippen LogP contribution in [0.5, 0.6) is 0 Å². The molecule has 1 aliphatic heterocycles. The van der Waals surface area contributed by atoms with Crippen LogP contribution in [0.3, 0.4) is 0 Å². The molecule has 4 nitrogen and oxygen atoms in total. The lowest BCUT2D eigenvalue weighted by Crippen LogP contribution is -2.27. The Morgan fingerprint density at radius 3 is 2.50 bits per heavy atom. The Morgan fingerprint density at radius 1 is 1.31 bits per heavy atom. The van der Waals surface area contributed by atoms with E-state index in [0.717, 1.165) is 5.69 Å². The topological polar surface area (TPSA) is 45.0 Å². The van der Waals surface area contributed by atoms with Crippen LogP contribution < -0.4 is 4.90 Å². The highest BCUT2D eigenvalue weighted by molar-refractivity contribution is 5.92. The summed E-state index contributed by atoms with van der Waals surface area (Å²) in [5.74, 6) is 0.102. The minimum atomic E-state index is -0.285. The lowest BCUT2D eigenvalue weighted by atomic mass is 10.1. The standard InChI is InChI=1S/C12H15N3O/c1-12(13-14-12)9-8-11(16)15(2)10-6-4-3-5-7-10/h3-7H,8-9H2,1-2H3. The predicted octanol–water partition coefficient (Wildman–Crippen LogP) is 2.61. The normalized spacial score (nSPS) is 15.9. The van der Waals surface area contributed by atoms with E-state index in [1.54, 1.807) is 11.9 Å². The van der Waals surface area contributed by atoms with E-state index in [-0.39, 0.29) is 11.6 Å². The molecule has 1 amide bonds. The van der Waals surface area contributed by atoms with Gasteiger partial charge in [-0.2, -0.15) is 10.2 Å². The van der Waals surface area contributed by atoms with Crippen LogP contribution in [-0.4, -0.2) is 18.6 Å². The second kappa shape index (κ2) is 4.04. The maximum atomic E-state index is 11.9. The summed E-state index contributed by atoms with van der Waals surface area (Å²) in [5, 5.41) is 7.79. The summed E-state index contributed by atoms with van der Waals surface area (Å²) in [6.45, 7) is 1.93. The van der Waals surface area contributed by atoms with Gasteiger partial charge in [0.2, 0.25) is 5.91 Å². The first-order valence-corrected chi connectivity index (χ1v) is 5.36. The van der Waals surface area contributed by atoms with Crippen molar-refractivity contribution in [3.63, 3.8) is 0 Å². The zero-order valence-electron chi connectivity index (χ0n) is 9.55. The SMILES string of the molecule is CN(C(=O)CCC1(C)N=N1)c1ccccc1. The molecule has 1 aromatic carbocycles. The first-order valence-electron chi connectivity index (χ1n) is 5.36. The molecular weight excluding hydrogens is 202 g/mol. The highest BCUT2D eigenvalue weighted by Crippen LogP contribution is 2.32. The zero-order valence-corrected chi connectivity index (χ0v) is 9.55. The van der Waals surface area contributed by atoms with Crippen LogP contribution in [0.25, 0.3) is 0 Å². The molecule has 0 aliphatic carbocycles. The van der Waals surface area contributed by atoms with Gasteiger partial charge in [0.25, 0.3) is 0 Å². The first kappa shape index (κ1) is 10.8. The minimum Gasteiger partial charge on any atom is -0.316 e. The van der Waals surface area contributed by atoms with Gasteiger partial charge in [-0.15, -0.1) is 0 Å². The number of hydrogen-bond donors (Lipinski definition) is 0. The van der Waals surface area contributed by atoms with Crippen molar-refractivity contribution in [1.29, 1.82) is 0 Å². The molecule has 1 aliphatic rings. The molecular formula is C12H15N3O. The Labute approximate surface area is 95.0 Å². The van der Waals surface area contributed by atoms with E-state index in [4.69, 9.17) is 0 Å². The number of benzene rings is 1. The first-order chi connectivity index (χ1) is 7.61. The number of para-hydroxylation sites is 1. The molecule has 0 fully saturated rings. The van der Waals surface area contributed by atoms with Crippen molar-refractivity contribution >= 4 is 11.6 Å². The molecule has 84 valence electrons. The lowest BCUT2D eigenvalue weighted by molar-refractivity contribution is -0.118. The van der Waals surface area contributed by atoms with E-state index in [2.05, 4.69) is 10.2 Å². The fourth-order valence-electron chi connectivity index (χ4n) is 1.49. The minimum absolute atomic E-state index is 0.102. The van der Waals surface area contributed by atoms with Gasteiger partial charge in [0.15, 0.2) is 5.66 Å². The molecule has 0 atom stereocenters. The van der Waals surface area contributed by atoms with Crippen LogP contribution in [0.1, 0.15) is 19.8 Å². The van der Waals surface area contributed by atoms with Crippen molar-refractivity contribution < 1.29 is 4.79 Å². The molecule has 16 heavy (non-hydrogen) atoms. The van der Waals surface area contributed by atoms with Crippen molar-refractivity contribution in [2.75, 3.05) is 11.9 Å². The average Bonchev–Trinajstić information content (AvgIpc) is 3.05. The number of carbonyl (C=O) groups is 1. The van der Waals surface area contributed by atoms with Crippen LogP contribution >= 0.6 is 0 Å². The van der Waals surface area contributed by atoms with Gasteiger partial charge in [0.1, 0.15) is 0 Å². The third kappa shape index (κ3) is 2.45. The van der Waals surface area contributed by atoms with E-state index in [1.807, 2.05) is 37.3 Å². The van der Waals surface area contributed by atoms with Gasteiger partial charge in [0, 0.05) is 25.6 Å². The number of rotatable bonds is 4. The van der Waals surface area contributed by atoms with Crippen LogP contribution in [0, 0.1) is 0 Å². The molecule has 0 saturated carbocycles. The fraction of sp³-hybridized carbons (Fsp3) is 0.417. The summed E-state index contributed by atoms with van der Waals surface area (Å²) in [6, 6.07) is 9.62. The molecule has 0 bridgehead atoms. The summed E-state index contributed by atoms with van der Waals surface area (Å²) in [7, 11) is 1.79. The molecule has 1 heterocycles. The third-order valence-corrected chi connectivity index (χ3v) is 2.77. The van der Waals surface area contributed by atoms with Crippen molar-refractivity contribution in [3.8, 4) is 0 Å². The van der Waals surface area contributed by atoms with Crippen LogP contribution in [0.2, 0.25) is 0 Å². The Morgan fingerprint density at radius 2 is 1.94 bits per heavy atom. The lowest BCUT2D eigenvalue weighted by Gasteiger charge is -2.17. The quantitative estimate of drug-likeness (QED) is 0.764. The number of hydrogen-bond acceptors (Lipinski definition) is 3. The van der Waals surface area contributed by atoms with E-state index < -0.39 is 0 Å². The molecule has 0 unspecified atom stereocenters. The fourth-order valence-corrected chi connectivity index (χ4v) is 1.49. The average molecular weight is 217 g/mol. The van der Waals surface area contributed by atoms with Gasteiger partial charge in [-0.1, -0.05) is 18.2 Å². The molecule has 0 radical (unpaired) electrons. The molecule has 0 aromatic heterocycles. The van der Waals surface area contributed by atoms with Gasteiger partial charge >= 0.3 is 0 Å². The smallest absolute Gasteiger partial charge is 0.226 e. The van der Waals surface area contributed by atoms with Crippen LogP contribution in [0.4, 0.5) is 5.69 Å².